The lowest BCUT2D eigenvalue weighted by Gasteiger charge is -2.16. The fourth-order valence-electron chi connectivity index (χ4n) is 3.16. The summed E-state index contributed by atoms with van der Waals surface area (Å²) >= 11 is 12.7. The molecule has 0 heterocycles. The lowest BCUT2D eigenvalue weighted by atomic mass is 10.1. The van der Waals surface area contributed by atoms with Gasteiger partial charge in [0.05, 0.1) is 23.7 Å². The highest BCUT2D eigenvalue weighted by Gasteiger charge is 2.16. The number of hydrogen-bond donors (Lipinski definition) is 3. The number of aliphatic carboxylic acids is 1. The van der Waals surface area contributed by atoms with Crippen LogP contribution in [0.1, 0.15) is 16.7 Å². The number of anilines is 1. The highest BCUT2D eigenvalue weighted by atomic mass is 35.5. The van der Waals surface area contributed by atoms with Crippen LogP contribution in [-0.2, 0) is 17.8 Å². The Morgan fingerprint density at radius 2 is 1.82 bits per heavy atom. The molecule has 3 rings (SSSR count). The maximum absolute atomic E-state index is 11.0. The van der Waals surface area contributed by atoms with Gasteiger partial charge in [0.2, 0.25) is 0 Å². The molecule has 0 fully saturated rings. The van der Waals surface area contributed by atoms with Crippen LogP contribution in [0.3, 0.4) is 0 Å². The molecule has 0 amide bonds. The SMILES string of the molecule is COc1ccc(NCC#Cc2ccccc2)c(COc2c(Cl)cc(CC(N)C(=O)O)cc2Cl)c1. The van der Waals surface area contributed by atoms with Gasteiger partial charge in [-0.15, -0.1) is 0 Å². The second kappa shape index (κ2) is 12.2. The van der Waals surface area contributed by atoms with Crippen LogP contribution in [0.2, 0.25) is 10.0 Å². The van der Waals surface area contributed by atoms with Gasteiger partial charge >= 0.3 is 5.97 Å². The van der Waals surface area contributed by atoms with Crippen molar-refractivity contribution in [1.29, 1.82) is 0 Å². The van der Waals surface area contributed by atoms with Gasteiger partial charge in [0.25, 0.3) is 0 Å². The second-order valence-corrected chi connectivity index (χ2v) is 8.18. The van der Waals surface area contributed by atoms with E-state index in [1.807, 2.05) is 48.5 Å². The van der Waals surface area contributed by atoms with E-state index >= 15 is 0 Å². The summed E-state index contributed by atoms with van der Waals surface area (Å²) in [6.45, 7) is 0.605. The molecule has 6 nitrogen and oxygen atoms in total. The maximum atomic E-state index is 11.0. The van der Waals surface area contributed by atoms with Gasteiger partial charge in [-0.2, -0.15) is 0 Å². The van der Waals surface area contributed by atoms with Crippen molar-refractivity contribution in [2.75, 3.05) is 19.0 Å². The van der Waals surface area contributed by atoms with E-state index in [9.17, 15) is 4.79 Å². The van der Waals surface area contributed by atoms with E-state index in [2.05, 4.69) is 17.2 Å². The van der Waals surface area contributed by atoms with E-state index in [0.29, 0.717) is 23.6 Å². The zero-order valence-corrected chi connectivity index (χ0v) is 20.0. The molecule has 0 radical (unpaired) electrons. The number of nitrogens with one attached hydrogen (secondary N) is 1. The van der Waals surface area contributed by atoms with Crippen molar-refractivity contribution < 1.29 is 19.4 Å². The highest BCUT2D eigenvalue weighted by Crippen LogP contribution is 2.36. The zero-order chi connectivity index (χ0) is 24.5. The average molecular weight is 499 g/mol. The van der Waals surface area contributed by atoms with Crippen molar-refractivity contribution in [2.24, 2.45) is 5.73 Å². The molecule has 4 N–H and O–H groups in total. The maximum Gasteiger partial charge on any atom is 0.320 e. The van der Waals surface area contributed by atoms with Crippen molar-refractivity contribution in [3.8, 4) is 23.3 Å². The van der Waals surface area contributed by atoms with Gasteiger partial charge in [0.1, 0.15) is 18.4 Å². The fourth-order valence-corrected chi connectivity index (χ4v) is 3.80. The van der Waals surface area contributed by atoms with Crippen molar-refractivity contribution in [1.82, 2.24) is 0 Å². The van der Waals surface area contributed by atoms with Gasteiger partial charge in [-0.25, -0.2) is 0 Å². The van der Waals surface area contributed by atoms with Gasteiger partial charge < -0.3 is 25.6 Å². The number of halogens is 2. The summed E-state index contributed by atoms with van der Waals surface area (Å²) in [7, 11) is 1.59. The smallest absolute Gasteiger partial charge is 0.320 e. The number of hydrogen-bond acceptors (Lipinski definition) is 5. The topological polar surface area (TPSA) is 93.8 Å². The number of carboxylic acid groups (broad SMARTS) is 1. The number of nitrogens with two attached hydrogens (primary N) is 1. The summed E-state index contributed by atoms with van der Waals surface area (Å²) in [5.41, 5.74) is 8.81. The lowest BCUT2D eigenvalue weighted by molar-refractivity contribution is -0.138. The third kappa shape index (κ3) is 7.06. The summed E-state index contributed by atoms with van der Waals surface area (Å²) in [4.78, 5) is 11.0. The number of benzene rings is 3. The van der Waals surface area contributed by atoms with Crippen LogP contribution in [0.4, 0.5) is 5.69 Å². The lowest BCUT2D eigenvalue weighted by Crippen LogP contribution is -2.32. The normalized spacial score (nSPS) is 11.2. The van der Waals surface area contributed by atoms with Crippen LogP contribution in [0.5, 0.6) is 11.5 Å². The van der Waals surface area contributed by atoms with Crippen molar-refractivity contribution in [2.45, 2.75) is 19.1 Å². The Kier molecular flexibility index (Phi) is 9.06. The highest BCUT2D eigenvalue weighted by molar-refractivity contribution is 6.37. The number of carbonyl (C=O) groups is 1. The summed E-state index contributed by atoms with van der Waals surface area (Å²) < 4.78 is 11.3. The van der Waals surface area contributed by atoms with Crippen LogP contribution in [0, 0.1) is 11.8 Å². The Morgan fingerprint density at radius 1 is 1.12 bits per heavy atom. The largest absolute Gasteiger partial charge is 0.497 e. The Balaban J connectivity index is 1.72. The van der Waals surface area contributed by atoms with Gasteiger partial charge in [-0.05, 0) is 54.4 Å². The van der Waals surface area contributed by atoms with Crippen molar-refractivity contribution >= 4 is 34.9 Å². The molecule has 1 atom stereocenters. The molecule has 0 aliphatic heterocycles. The third-order valence-corrected chi connectivity index (χ3v) is 5.45. The number of methoxy groups -OCH3 is 1. The van der Waals surface area contributed by atoms with Crippen LogP contribution in [0.25, 0.3) is 0 Å². The zero-order valence-electron chi connectivity index (χ0n) is 18.5. The Bertz CT molecular complexity index is 1180. The second-order valence-electron chi connectivity index (χ2n) is 7.37. The molecular weight excluding hydrogens is 475 g/mol. The Morgan fingerprint density at radius 3 is 2.47 bits per heavy atom. The van der Waals surface area contributed by atoms with E-state index < -0.39 is 12.0 Å². The van der Waals surface area contributed by atoms with Crippen LogP contribution in [0.15, 0.2) is 60.7 Å². The quantitative estimate of drug-likeness (QED) is 0.359. The van der Waals surface area contributed by atoms with Crippen molar-refractivity contribution in [3.05, 3.63) is 87.4 Å². The van der Waals surface area contributed by atoms with Gasteiger partial charge in [0.15, 0.2) is 5.75 Å². The molecule has 3 aromatic carbocycles. The standard InChI is InChI=1S/C26H24Cl2N2O4/c1-33-20-9-10-24(30-11-5-8-17-6-3-2-4-7-17)19(15-20)16-34-25-21(27)12-18(13-22(25)28)14-23(29)26(31)32/h2-4,6-7,9-10,12-13,15,23,30H,11,14,16,29H2,1H3,(H,31,32). The Hall–Kier alpha value is -3.37. The summed E-state index contributed by atoms with van der Waals surface area (Å²) in [6, 6.07) is 17.5. The number of carboxylic acids is 1. The van der Waals surface area contributed by atoms with E-state index in [1.54, 1.807) is 19.2 Å². The molecule has 1 unspecified atom stereocenters. The average Bonchev–Trinajstić information content (AvgIpc) is 2.82. The molecule has 8 heteroatoms. The molecule has 0 aliphatic rings. The van der Waals surface area contributed by atoms with Crippen LogP contribution in [-0.4, -0.2) is 30.8 Å². The molecule has 0 aliphatic carbocycles. The molecule has 0 spiro atoms. The molecule has 0 saturated heterocycles. The minimum Gasteiger partial charge on any atom is -0.497 e. The van der Waals surface area contributed by atoms with E-state index in [4.69, 9.17) is 43.5 Å². The first-order chi connectivity index (χ1) is 16.4. The van der Waals surface area contributed by atoms with Gasteiger partial charge in [-0.3, -0.25) is 4.79 Å². The van der Waals surface area contributed by atoms with Gasteiger partial charge in [-0.1, -0.05) is 53.2 Å². The van der Waals surface area contributed by atoms with Crippen LogP contribution >= 0.6 is 23.2 Å². The molecule has 176 valence electrons. The van der Waals surface area contributed by atoms with E-state index in [0.717, 1.165) is 16.8 Å². The first kappa shape index (κ1) is 25.3. The molecule has 34 heavy (non-hydrogen) atoms. The van der Waals surface area contributed by atoms with E-state index in [-0.39, 0.29) is 23.1 Å². The summed E-state index contributed by atoms with van der Waals surface area (Å²) in [6.07, 6.45) is 0.100. The number of ether oxygens (including phenoxy) is 2. The third-order valence-electron chi connectivity index (χ3n) is 4.89. The molecule has 0 aromatic heterocycles. The molecule has 0 bridgehead atoms. The number of rotatable bonds is 9. The first-order valence-corrected chi connectivity index (χ1v) is 11.2. The first-order valence-electron chi connectivity index (χ1n) is 10.4. The van der Waals surface area contributed by atoms with Gasteiger partial charge in [0, 0.05) is 16.8 Å². The fraction of sp³-hybridized carbons (Fsp3) is 0.192. The Labute approximate surface area is 208 Å². The molecular formula is C26H24Cl2N2O4. The van der Waals surface area contributed by atoms with E-state index in [1.165, 1.54) is 0 Å². The minimum atomic E-state index is -1.10. The van der Waals surface area contributed by atoms with Crippen molar-refractivity contribution in [3.63, 3.8) is 0 Å². The molecule has 3 aromatic rings. The van der Waals surface area contributed by atoms with Crippen LogP contribution < -0.4 is 20.5 Å². The predicted octanol–water partition coefficient (Wildman–Crippen LogP) is 5.00. The summed E-state index contributed by atoms with van der Waals surface area (Å²) in [5.74, 6) is 6.08. The predicted molar refractivity (Wildman–Crippen MR) is 135 cm³/mol. The minimum absolute atomic E-state index is 0.100. The monoisotopic (exact) mass is 498 g/mol. The molecule has 0 saturated carbocycles. The summed E-state index contributed by atoms with van der Waals surface area (Å²) in [5, 5.41) is 12.8.